The third-order valence-corrected chi connectivity index (χ3v) is 5.79. The number of hydrogen-bond donors (Lipinski definition) is 4. The van der Waals surface area contributed by atoms with E-state index in [1.165, 1.54) is 0 Å². The van der Waals surface area contributed by atoms with Crippen LogP contribution in [0, 0.1) is 0 Å². The number of carbonyl (C=O) groups is 1. The highest BCUT2D eigenvalue weighted by Crippen LogP contribution is 2.34. The quantitative estimate of drug-likeness (QED) is 0.259. The van der Waals surface area contributed by atoms with Crippen molar-refractivity contribution in [2.75, 3.05) is 41.9 Å². The number of hydrogen-bond acceptors (Lipinski definition) is 9. The number of rotatable bonds is 6. The van der Waals surface area contributed by atoms with Gasteiger partial charge in [-0.3, -0.25) is 0 Å². The first-order chi connectivity index (χ1) is 16.2. The molecule has 5 N–H and O–H groups in total. The molecule has 168 valence electrons. The molecule has 0 aliphatic carbocycles. The zero-order valence-electron chi connectivity index (χ0n) is 18.0. The minimum atomic E-state index is -0.483. The van der Waals surface area contributed by atoms with Crippen molar-refractivity contribution in [3.05, 3.63) is 66.0 Å². The Morgan fingerprint density at radius 3 is 2.67 bits per heavy atom. The van der Waals surface area contributed by atoms with Crippen molar-refractivity contribution in [3.8, 4) is 11.3 Å². The number of aromatic nitrogens is 2. The summed E-state index contributed by atoms with van der Waals surface area (Å²) in [4.78, 5) is 23.2. The number of hydrazine groups is 1. The number of pyridine rings is 2. The molecule has 1 saturated heterocycles. The molecule has 9 nitrogen and oxygen atoms in total. The first-order valence-electron chi connectivity index (χ1n) is 10.8. The number of benzene rings is 1. The van der Waals surface area contributed by atoms with Crippen LogP contribution in [0.5, 0.6) is 0 Å². The molecule has 3 aromatic rings. The second kappa shape index (κ2) is 9.27. The number of nitrogens with zero attached hydrogens (tertiary/aromatic N) is 3. The second-order valence-corrected chi connectivity index (χ2v) is 7.82. The van der Waals surface area contributed by atoms with Crippen LogP contribution in [-0.2, 0) is 9.53 Å². The molecular formula is C24H25N7O2. The summed E-state index contributed by atoms with van der Waals surface area (Å²) in [7, 11) is 0. The van der Waals surface area contributed by atoms with Gasteiger partial charge in [-0.2, -0.15) is 0 Å². The fourth-order valence-electron chi connectivity index (χ4n) is 4.06. The van der Waals surface area contributed by atoms with E-state index in [1.54, 1.807) is 18.5 Å². The maximum atomic E-state index is 11.8. The molecule has 2 aliphatic rings. The maximum absolute atomic E-state index is 11.8. The monoisotopic (exact) mass is 443 g/mol. The highest BCUT2D eigenvalue weighted by atomic mass is 16.5. The van der Waals surface area contributed by atoms with E-state index in [9.17, 15) is 4.79 Å². The molecule has 1 unspecified atom stereocenters. The lowest BCUT2D eigenvalue weighted by molar-refractivity contribution is -0.109. The van der Waals surface area contributed by atoms with E-state index in [2.05, 4.69) is 38.1 Å². The fourth-order valence-corrected chi connectivity index (χ4v) is 4.06. The number of fused-ring (bicyclic) bond motifs is 1. The summed E-state index contributed by atoms with van der Waals surface area (Å²) >= 11 is 0. The summed E-state index contributed by atoms with van der Waals surface area (Å²) < 4.78 is 5.44. The summed E-state index contributed by atoms with van der Waals surface area (Å²) in [6.45, 7) is 3.26. The minimum Gasteiger partial charge on any atom is -0.378 e. The van der Waals surface area contributed by atoms with Gasteiger partial charge in [0.1, 0.15) is 24.0 Å². The number of nitrogens with two attached hydrogens (primary N) is 1. The Bertz CT molecular complexity index is 1160. The molecule has 0 spiro atoms. The number of carbonyl (C=O) groups excluding carboxylic acids is 1. The first kappa shape index (κ1) is 20.9. The molecule has 0 amide bonds. The number of anilines is 4. The fraction of sp³-hybridized carbons (Fsp3) is 0.208. The van der Waals surface area contributed by atoms with Gasteiger partial charge in [-0.15, -0.1) is 0 Å². The normalized spacial score (nSPS) is 17.1. The Balaban J connectivity index is 1.49. The van der Waals surface area contributed by atoms with Crippen molar-refractivity contribution in [2.45, 2.75) is 6.04 Å². The highest BCUT2D eigenvalue weighted by Gasteiger charge is 2.23. The Labute approximate surface area is 191 Å². The van der Waals surface area contributed by atoms with E-state index in [0.717, 1.165) is 66.3 Å². The minimum absolute atomic E-state index is 0.483. The van der Waals surface area contributed by atoms with Crippen molar-refractivity contribution in [2.24, 2.45) is 5.84 Å². The zero-order chi connectivity index (χ0) is 22.6. The summed E-state index contributed by atoms with van der Waals surface area (Å²) in [5.74, 6) is 6.62. The van der Waals surface area contributed by atoms with Crippen LogP contribution in [0.1, 0.15) is 17.2 Å². The van der Waals surface area contributed by atoms with Gasteiger partial charge in [-0.1, -0.05) is 0 Å². The van der Waals surface area contributed by atoms with Gasteiger partial charge < -0.3 is 30.5 Å². The molecule has 0 saturated carbocycles. The lowest BCUT2D eigenvalue weighted by Gasteiger charge is -2.29. The molecule has 1 fully saturated rings. The van der Waals surface area contributed by atoms with Crippen molar-refractivity contribution in [1.29, 1.82) is 0 Å². The van der Waals surface area contributed by atoms with Gasteiger partial charge in [-0.05, 0) is 60.3 Å². The molecule has 5 rings (SSSR count). The topological polar surface area (TPSA) is 117 Å². The average Bonchev–Trinajstić information content (AvgIpc) is 2.89. The zero-order valence-corrected chi connectivity index (χ0v) is 18.0. The summed E-state index contributed by atoms with van der Waals surface area (Å²) in [5, 5.41) is 6.52. The van der Waals surface area contributed by atoms with E-state index < -0.39 is 6.04 Å². The Morgan fingerprint density at radius 2 is 1.97 bits per heavy atom. The first-order valence-corrected chi connectivity index (χ1v) is 10.8. The van der Waals surface area contributed by atoms with Gasteiger partial charge >= 0.3 is 0 Å². The van der Waals surface area contributed by atoms with Gasteiger partial charge in [0.25, 0.3) is 0 Å². The van der Waals surface area contributed by atoms with Crippen molar-refractivity contribution in [3.63, 3.8) is 0 Å². The Hall–Kier alpha value is -3.95. The summed E-state index contributed by atoms with van der Waals surface area (Å²) in [6, 6.07) is 13.4. The predicted molar refractivity (Wildman–Crippen MR) is 129 cm³/mol. The van der Waals surface area contributed by atoms with E-state index in [0.29, 0.717) is 11.6 Å². The smallest absolute Gasteiger partial charge is 0.146 e. The lowest BCUT2D eigenvalue weighted by atomic mass is 9.97. The van der Waals surface area contributed by atoms with E-state index in [-0.39, 0.29) is 0 Å². The van der Waals surface area contributed by atoms with E-state index >= 15 is 0 Å². The number of aldehydes is 1. The van der Waals surface area contributed by atoms with E-state index in [4.69, 9.17) is 15.6 Å². The summed E-state index contributed by atoms with van der Waals surface area (Å²) in [5.41, 5.74) is 7.89. The van der Waals surface area contributed by atoms with Crippen LogP contribution in [-0.4, -0.2) is 42.6 Å². The van der Waals surface area contributed by atoms with Crippen molar-refractivity contribution >= 4 is 35.4 Å². The van der Waals surface area contributed by atoms with Gasteiger partial charge in [0.2, 0.25) is 0 Å². The van der Waals surface area contributed by atoms with Crippen molar-refractivity contribution < 1.29 is 9.53 Å². The third-order valence-electron chi connectivity index (χ3n) is 5.79. The summed E-state index contributed by atoms with van der Waals surface area (Å²) in [6.07, 6.45) is 6.33. The second-order valence-electron chi connectivity index (χ2n) is 7.82. The van der Waals surface area contributed by atoms with Gasteiger partial charge in [-0.25, -0.2) is 15.8 Å². The van der Waals surface area contributed by atoms with Crippen LogP contribution in [0.15, 0.2) is 54.9 Å². The molecule has 2 aliphatic heterocycles. The molecule has 0 bridgehead atoms. The van der Waals surface area contributed by atoms with Gasteiger partial charge in [0.05, 0.1) is 18.9 Å². The number of ether oxygens (including phenoxy) is 1. The van der Waals surface area contributed by atoms with Crippen LogP contribution < -0.4 is 26.8 Å². The standard InChI is InChI=1S/C24H25N7O2/c25-30-22-6-1-17(14-27-22)20-13-16-7-8-26-21(15-32)23(16)24(29-20)28-18-2-4-19(5-3-18)31-9-11-33-12-10-31/h1-8,13-15,21,26H,9-12,25H2,(H,27,30)(H,28,29). The molecule has 33 heavy (non-hydrogen) atoms. The molecule has 0 radical (unpaired) electrons. The number of morpholine rings is 1. The Morgan fingerprint density at radius 1 is 1.15 bits per heavy atom. The van der Waals surface area contributed by atoms with Crippen molar-refractivity contribution in [1.82, 2.24) is 15.3 Å². The van der Waals surface area contributed by atoms with E-state index in [1.807, 2.05) is 30.3 Å². The van der Waals surface area contributed by atoms with Crippen LogP contribution in [0.25, 0.3) is 17.3 Å². The van der Waals surface area contributed by atoms with Gasteiger partial charge in [0.15, 0.2) is 0 Å². The largest absolute Gasteiger partial charge is 0.378 e. The maximum Gasteiger partial charge on any atom is 0.146 e. The molecular weight excluding hydrogens is 418 g/mol. The van der Waals surface area contributed by atoms with Crippen LogP contribution >= 0.6 is 0 Å². The third kappa shape index (κ3) is 4.36. The molecule has 9 heteroatoms. The lowest BCUT2D eigenvalue weighted by Crippen LogP contribution is -2.36. The number of nitrogens with one attached hydrogen (secondary N) is 3. The van der Waals surface area contributed by atoms with Gasteiger partial charge in [0, 0.05) is 41.8 Å². The average molecular weight is 444 g/mol. The molecule has 1 aromatic carbocycles. The SMILES string of the molecule is NNc1ccc(-c2cc3c(c(Nc4ccc(N5CCOCC5)cc4)n2)C(C=O)NC=C3)cn1. The Kier molecular flexibility index (Phi) is 5.88. The highest BCUT2D eigenvalue weighted by molar-refractivity contribution is 5.80. The molecule has 1 atom stereocenters. The predicted octanol–water partition coefficient (Wildman–Crippen LogP) is 2.82. The number of nitrogen functional groups attached to an aromatic ring is 1. The van der Waals surface area contributed by atoms with Crippen LogP contribution in [0.3, 0.4) is 0 Å². The van der Waals surface area contributed by atoms with Crippen LogP contribution in [0.2, 0.25) is 0 Å². The molecule has 2 aromatic heterocycles. The molecule has 4 heterocycles. The van der Waals surface area contributed by atoms with Crippen LogP contribution in [0.4, 0.5) is 23.0 Å².